The number of hydrogen-bond acceptors (Lipinski definition) is 4. The first-order valence-corrected chi connectivity index (χ1v) is 12.8. The molecule has 6 rings (SSSR count). The van der Waals surface area contributed by atoms with E-state index in [1.807, 2.05) is 47.4 Å². The zero-order valence-electron chi connectivity index (χ0n) is 19.9. The van der Waals surface area contributed by atoms with E-state index < -0.39 is 0 Å². The highest BCUT2D eigenvalue weighted by molar-refractivity contribution is 6.31. The van der Waals surface area contributed by atoms with Crippen LogP contribution in [0.5, 0.6) is 0 Å². The van der Waals surface area contributed by atoms with Crippen LogP contribution in [0.4, 0.5) is 5.82 Å². The van der Waals surface area contributed by atoms with Crippen molar-refractivity contribution in [3.63, 3.8) is 0 Å². The third-order valence-electron chi connectivity index (χ3n) is 6.69. The molecule has 184 valence electrons. The Bertz CT molecular complexity index is 1580. The minimum atomic E-state index is -0.00569. The van der Waals surface area contributed by atoms with Crippen molar-refractivity contribution in [2.24, 2.45) is 0 Å². The summed E-state index contributed by atoms with van der Waals surface area (Å²) in [7, 11) is 0. The van der Waals surface area contributed by atoms with Gasteiger partial charge in [-0.3, -0.25) is 4.79 Å². The molecule has 0 spiro atoms. The summed E-state index contributed by atoms with van der Waals surface area (Å²) < 4.78 is 2.08. The third kappa shape index (κ3) is 4.54. The lowest BCUT2D eigenvalue weighted by Gasteiger charge is -2.35. The van der Waals surface area contributed by atoms with Gasteiger partial charge in [-0.15, -0.1) is 0 Å². The van der Waals surface area contributed by atoms with Gasteiger partial charge >= 0.3 is 0 Å². The number of benzene rings is 3. The van der Waals surface area contributed by atoms with E-state index >= 15 is 0 Å². The monoisotopic (exact) mass is 527 g/mol. The number of amides is 1. The van der Waals surface area contributed by atoms with Gasteiger partial charge in [-0.05, 0) is 48.0 Å². The minimum Gasteiger partial charge on any atom is -0.352 e. The van der Waals surface area contributed by atoms with Gasteiger partial charge < -0.3 is 14.4 Å². The highest BCUT2D eigenvalue weighted by atomic mass is 35.5. The fourth-order valence-corrected chi connectivity index (χ4v) is 5.16. The molecule has 8 heteroatoms. The van der Waals surface area contributed by atoms with Gasteiger partial charge in [0.25, 0.3) is 5.91 Å². The SMILES string of the molecule is O=C(c1cccc(Cl)c1)N1CCN(c2ncnc3c2c(-c2ccccc2)cn3-c2ccc(Cl)cc2)CC1. The van der Waals surface area contributed by atoms with Crippen LogP contribution in [0.3, 0.4) is 0 Å². The predicted octanol–water partition coefficient (Wildman–Crippen LogP) is 6.36. The number of carbonyl (C=O) groups excluding carboxylic acids is 1. The zero-order chi connectivity index (χ0) is 25.4. The summed E-state index contributed by atoms with van der Waals surface area (Å²) in [5.74, 6) is 0.861. The normalized spacial score (nSPS) is 13.8. The summed E-state index contributed by atoms with van der Waals surface area (Å²) >= 11 is 12.3. The smallest absolute Gasteiger partial charge is 0.254 e. The number of nitrogens with zero attached hydrogens (tertiary/aromatic N) is 5. The average Bonchev–Trinajstić information content (AvgIpc) is 3.34. The van der Waals surface area contributed by atoms with Crippen molar-refractivity contribution < 1.29 is 4.79 Å². The van der Waals surface area contributed by atoms with Gasteiger partial charge in [-0.1, -0.05) is 59.6 Å². The van der Waals surface area contributed by atoms with Gasteiger partial charge in [-0.25, -0.2) is 9.97 Å². The lowest BCUT2D eigenvalue weighted by molar-refractivity contribution is 0.0746. The number of carbonyl (C=O) groups is 1. The molecule has 0 saturated carbocycles. The maximum absolute atomic E-state index is 13.0. The Balaban J connectivity index is 1.37. The Hall–Kier alpha value is -3.87. The molecule has 1 fully saturated rings. The molecule has 1 aliphatic heterocycles. The topological polar surface area (TPSA) is 54.3 Å². The molecule has 6 nitrogen and oxygen atoms in total. The Labute approximate surface area is 224 Å². The highest BCUT2D eigenvalue weighted by Gasteiger charge is 2.26. The molecule has 1 saturated heterocycles. The van der Waals surface area contributed by atoms with Crippen LogP contribution < -0.4 is 4.90 Å². The van der Waals surface area contributed by atoms with Crippen LogP contribution in [-0.4, -0.2) is 51.5 Å². The second-order valence-electron chi connectivity index (χ2n) is 8.94. The van der Waals surface area contributed by atoms with Crippen molar-refractivity contribution in [2.45, 2.75) is 0 Å². The zero-order valence-corrected chi connectivity index (χ0v) is 21.4. The maximum Gasteiger partial charge on any atom is 0.254 e. The molecule has 0 radical (unpaired) electrons. The van der Waals surface area contributed by atoms with E-state index in [0.29, 0.717) is 41.8 Å². The number of piperazine rings is 1. The van der Waals surface area contributed by atoms with Crippen molar-refractivity contribution in [2.75, 3.05) is 31.1 Å². The Morgan fingerprint density at radius 1 is 0.784 bits per heavy atom. The van der Waals surface area contributed by atoms with E-state index in [4.69, 9.17) is 28.2 Å². The van der Waals surface area contributed by atoms with Crippen LogP contribution in [0.25, 0.3) is 27.8 Å². The number of hydrogen-bond donors (Lipinski definition) is 0. The number of fused-ring (bicyclic) bond motifs is 1. The van der Waals surface area contributed by atoms with Crippen molar-refractivity contribution in [1.29, 1.82) is 0 Å². The van der Waals surface area contributed by atoms with Crippen molar-refractivity contribution in [3.8, 4) is 16.8 Å². The van der Waals surface area contributed by atoms with Crippen LogP contribution in [0.2, 0.25) is 10.0 Å². The van der Waals surface area contributed by atoms with Gasteiger partial charge in [-0.2, -0.15) is 0 Å². The molecular formula is C29H23Cl2N5O. The molecule has 3 aromatic carbocycles. The molecular weight excluding hydrogens is 505 g/mol. The van der Waals surface area contributed by atoms with Crippen LogP contribution in [0, 0.1) is 0 Å². The summed E-state index contributed by atoms with van der Waals surface area (Å²) in [5.41, 5.74) is 4.54. The molecule has 2 aromatic heterocycles. The summed E-state index contributed by atoms with van der Waals surface area (Å²) in [6.45, 7) is 2.52. The molecule has 1 aliphatic rings. The van der Waals surface area contributed by atoms with Crippen molar-refractivity contribution in [1.82, 2.24) is 19.4 Å². The quantitative estimate of drug-likeness (QED) is 0.273. The number of halogens is 2. The largest absolute Gasteiger partial charge is 0.352 e. The molecule has 0 bridgehead atoms. The Kier molecular flexibility index (Phi) is 6.28. The van der Waals surface area contributed by atoms with Gasteiger partial charge in [0.1, 0.15) is 12.1 Å². The van der Waals surface area contributed by atoms with E-state index in [1.54, 1.807) is 30.6 Å². The van der Waals surface area contributed by atoms with E-state index in [2.05, 4.69) is 32.8 Å². The molecule has 0 atom stereocenters. The van der Waals surface area contributed by atoms with E-state index in [1.165, 1.54) is 0 Å². The van der Waals surface area contributed by atoms with E-state index in [0.717, 1.165) is 33.7 Å². The van der Waals surface area contributed by atoms with E-state index in [-0.39, 0.29) is 5.91 Å². The van der Waals surface area contributed by atoms with Gasteiger partial charge in [0.05, 0.1) is 5.39 Å². The second kappa shape index (κ2) is 9.88. The number of rotatable bonds is 4. The first-order valence-electron chi connectivity index (χ1n) is 12.1. The second-order valence-corrected chi connectivity index (χ2v) is 9.81. The lowest BCUT2D eigenvalue weighted by atomic mass is 10.1. The third-order valence-corrected chi connectivity index (χ3v) is 7.18. The molecule has 0 N–H and O–H groups in total. The Morgan fingerprint density at radius 2 is 1.54 bits per heavy atom. The van der Waals surface area contributed by atoms with Crippen LogP contribution >= 0.6 is 23.2 Å². The number of aromatic nitrogens is 3. The van der Waals surface area contributed by atoms with E-state index in [9.17, 15) is 4.79 Å². The van der Waals surface area contributed by atoms with Crippen LogP contribution in [-0.2, 0) is 0 Å². The van der Waals surface area contributed by atoms with Gasteiger partial charge in [0, 0.05) is 59.2 Å². The van der Waals surface area contributed by atoms with Crippen LogP contribution in [0.1, 0.15) is 10.4 Å². The van der Waals surface area contributed by atoms with Gasteiger partial charge in [0.2, 0.25) is 0 Å². The fourth-order valence-electron chi connectivity index (χ4n) is 4.85. The molecule has 3 heterocycles. The Morgan fingerprint density at radius 3 is 2.27 bits per heavy atom. The van der Waals surface area contributed by atoms with Crippen LogP contribution in [0.15, 0.2) is 91.4 Å². The molecule has 37 heavy (non-hydrogen) atoms. The summed E-state index contributed by atoms with van der Waals surface area (Å²) in [6.07, 6.45) is 3.72. The number of anilines is 1. The molecule has 0 aliphatic carbocycles. The molecule has 1 amide bonds. The van der Waals surface area contributed by atoms with Gasteiger partial charge in [0.15, 0.2) is 5.65 Å². The first-order chi connectivity index (χ1) is 18.1. The lowest BCUT2D eigenvalue weighted by Crippen LogP contribution is -2.49. The summed E-state index contributed by atoms with van der Waals surface area (Å²) in [5, 5.41) is 2.23. The summed E-state index contributed by atoms with van der Waals surface area (Å²) in [4.78, 5) is 26.6. The summed E-state index contributed by atoms with van der Waals surface area (Å²) in [6, 6.07) is 25.1. The standard InChI is InChI=1S/C29H23Cl2N5O/c30-22-9-11-24(12-10-22)36-18-25(20-5-2-1-3-6-20)26-27(32-19-33-28(26)36)34-13-15-35(16-14-34)29(37)21-7-4-8-23(31)17-21/h1-12,17-19H,13-16H2. The van der Waals surface area contributed by atoms with Crippen molar-refractivity contribution in [3.05, 3.63) is 107 Å². The maximum atomic E-state index is 13.0. The molecule has 0 unspecified atom stereocenters. The predicted molar refractivity (Wildman–Crippen MR) is 149 cm³/mol. The highest BCUT2D eigenvalue weighted by Crippen LogP contribution is 2.37. The first kappa shape index (κ1) is 23.5. The average molecular weight is 528 g/mol. The minimum absolute atomic E-state index is 0.00569. The van der Waals surface area contributed by atoms with Crippen molar-refractivity contribution >= 4 is 46.0 Å². The fraction of sp³-hybridized carbons (Fsp3) is 0.138. The molecule has 5 aromatic rings.